The minimum atomic E-state index is -3.99. The SMILES string of the molecule is Cc1ccc2c(c1)OS(=O)(=O)N1CN(c3ccccc3)C(=O)[C@@H]21. The van der Waals surface area contributed by atoms with Gasteiger partial charge in [-0.25, -0.2) is 0 Å². The molecule has 0 N–H and O–H groups in total. The fraction of sp³-hybridized carbons (Fsp3) is 0.188. The quantitative estimate of drug-likeness (QED) is 0.802. The number of aryl methyl sites for hydroxylation is 1. The van der Waals surface area contributed by atoms with E-state index in [4.69, 9.17) is 4.18 Å². The third kappa shape index (κ3) is 2.12. The van der Waals surface area contributed by atoms with E-state index in [1.165, 1.54) is 4.90 Å². The summed E-state index contributed by atoms with van der Waals surface area (Å²) in [6, 6.07) is 13.4. The minimum absolute atomic E-state index is 0.0524. The number of benzene rings is 2. The molecule has 2 aromatic rings. The summed E-state index contributed by atoms with van der Waals surface area (Å²) in [4.78, 5) is 14.3. The Hall–Kier alpha value is -2.38. The maximum Gasteiger partial charge on any atom is 0.387 e. The minimum Gasteiger partial charge on any atom is -0.370 e. The number of carbonyl (C=O) groups excluding carboxylic acids is 1. The van der Waals surface area contributed by atoms with Crippen molar-refractivity contribution in [2.24, 2.45) is 0 Å². The normalized spacial score (nSPS) is 22.4. The van der Waals surface area contributed by atoms with Crippen LogP contribution in [0.15, 0.2) is 48.5 Å². The zero-order valence-electron chi connectivity index (χ0n) is 12.3. The number of hydrogen-bond donors (Lipinski definition) is 0. The summed E-state index contributed by atoms with van der Waals surface area (Å²) in [5, 5.41) is 0. The molecule has 0 bridgehead atoms. The zero-order chi connectivity index (χ0) is 16.2. The van der Waals surface area contributed by atoms with E-state index in [9.17, 15) is 13.2 Å². The van der Waals surface area contributed by atoms with Gasteiger partial charge >= 0.3 is 10.3 Å². The number of fused-ring (bicyclic) bond motifs is 3. The molecule has 23 heavy (non-hydrogen) atoms. The Morgan fingerprint density at radius 1 is 1.13 bits per heavy atom. The molecule has 1 fully saturated rings. The van der Waals surface area contributed by atoms with Crippen molar-refractivity contribution in [3.05, 3.63) is 59.7 Å². The van der Waals surface area contributed by atoms with E-state index in [0.29, 0.717) is 11.3 Å². The van der Waals surface area contributed by atoms with E-state index >= 15 is 0 Å². The fourth-order valence-electron chi connectivity index (χ4n) is 2.97. The molecule has 1 atom stereocenters. The summed E-state index contributed by atoms with van der Waals surface area (Å²) in [7, 11) is -3.99. The Morgan fingerprint density at radius 2 is 1.87 bits per heavy atom. The molecule has 0 aromatic heterocycles. The summed E-state index contributed by atoms with van der Waals surface area (Å²) in [6.45, 7) is 1.79. The highest BCUT2D eigenvalue weighted by atomic mass is 32.2. The largest absolute Gasteiger partial charge is 0.387 e. The standard InChI is InChI=1S/C16H14N2O4S/c1-11-7-8-13-14(9-11)22-23(20,21)18-10-17(16(19)15(13)18)12-5-3-2-4-6-12/h2-9,15H,10H2,1H3/t15-/m1/s1. The number of amides is 1. The molecule has 118 valence electrons. The van der Waals surface area contributed by atoms with Crippen LogP contribution in [0, 0.1) is 6.92 Å². The van der Waals surface area contributed by atoms with E-state index < -0.39 is 16.3 Å². The van der Waals surface area contributed by atoms with Crippen LogP contribution in [-0.2, 0) is 15.1 Å². The second kappa shape index (κ2) is 4.81. The lowest BCUT2D eigenvalue weighted by Gasteiger charge is -2.28. The number of hydrogen-bond acceptors (Lipinski definition) is 4. The number of para-hydroxylation sites is 1. The lowest BCUT2D eigenvalue weighted by Crippen LogP contribution is -2.39. The van der Waals surface area contributed by atoms with Crippen molar-refractivity contribution in [3.63, 3.8) is 0 Å². The average molecular weight is 330 g/mol. The molecule has 1 saturated heterocycles. The van der Waals surface area contributed by atoms with Crippen molar-refractivity contribution < 1.29 is 17.4 Å². The van der Waals surface area contributed by atoms with Gasteiger partial charge in [0.25, 0.3) is 5.91 Å². The molecule has 4 rings (SSSR count). The highest BCUT2D eigenvalue weighted by Crippen LogP contribution is 2.43. The molecular weight excluding hydrogens is 316 g/mol. The average Bonchev–Trinajstić information content (AvgIpc) is 2.87. The van der Waals surface area contributed by atoms with Gasteiger partial charge in [-0.2, -0.15) is 8.42 Å². The first-order valence-electron chi connectivity index (χ1n) is 7.15. The molecule has 6 nitrogen and oxygen atoms in total. The Kier molecular flexibility index (Phi) is 2.97. The predicted molar refractivity (Wildman–Crippen MR) is 84.1 cm³/mol. The molecule has 2 heterocycles. The van der Waals surface area contributed by atoms with Gasteiger partial charge in [0.2, 0.25) is 0 Å². The Labute approximate surface area is 134 Å². The fourth-order valence-corrected chi connectivity index (χ4v) is 4.15. The second-order valence-corrected chi connectivity index (χ2v) is 7.11. The molecule has 0 radical (unpaired) electrons. The molecule has 0 spiro atoms. The maximum absolute atomic E-state index is 12.8. The van der Waals surface area contributed by atoms with Gasteiger partial charge in [-0.1, -0.05) is 30.3 Å². The highest BCUT2D eigenvalue weighted by Gasteiger charge is 2.51. The van der Waals surface area contributed by atoms with Gasteiger partial charge in [0.15, 0.2) is 0 Å². The van der Waals surface area contributed by atoms with Gasteiger partial charge in [-0.05, 0) is 30.7 Å². The Bertz CT molecular complexity index is 896. The van der Waals surface area contributed by atoms with Crippen LogP contribution < -0.4 is 9.08 Å². The van der Waals surface area contributed by atoms with Crippen molar-refractivity contribution in [2.45, 2.75) is 13.0 Å². The lowest BCUT2D eigenvalue weighted by atomic mass is 10.0. The van der Waals surface area contributed by atoms with Crippen molar-refractivity contribution >= 4 is 21.9 Å². The van der Waals surface area contributed by atoms with E-state index in [1.807, 2.05) is 31.2 Å². The van der Waals surface area contributed by atoms with Crippen LogP contribution >= 0.6 is 0 Å². The zero-order valence-corrected chi connectivity index (χ0v) is 13.2. The summed E-state index contributed by atoms with van der Waals surface area (Å²) < 4.78 is 31.0. The molecule has 0 aliphatic carbocycles. The predicted octanol–water partition coefficient (Wildman–Crippen LogP) is 1.98. The van der Waals surface area contributed by atoms with E-state index in [2.05, 4.69) is 0 Å². The van der Waals surface area contributed by atoms with E-state index in [0.717, 1.165) is 9.87 Å². The van der Waals surface area contributed by atoms with Crippen LogP contribution in [-0.4, -0.2) is 25.3 Å². The van der Waals surface area contributed by atoms with Crippen LogP contribution in [0.3, 0.4) is 0 Å². The van der Waals surface area contributed by atoms with Gasteiger partial charge in [0.1, 0.15) is 11.8 Å². The Morgan fingerprint density at radius 3 is 2.61 bits per heavy atom. The molecule has 0 saturated carbocycles. The monoisotopic (exact) mass is 330 g/mol. The van der Waals surface area contributed by atoms with Crippen LogP contribution in [0.25, 0.3) is 0 Å². The first-order valence-corrected chi connectivity index (χ1v) is 8.52. The van der Waals surface area contributed by atoms with Crippen LogP contribution in [0.2, 0.25) is 0 Å². The molecule has 7 heteroatoms. The smallest absolute Gasteiger partial charge is 0.370 e. The van der Waals surface area contributed by atoms with Gasteiger partial charge < -0.3 is 4.18 Å². The van der Waals surface area contributed by atoms with Crippen molar-refractivity contribution in [3.8, 4) is 5.75 Å². The summed E-state index contributed by atoms with van der Waals surface area (Å²) in [5.74, 6) is -0.0392. The third-order valence-corrected chi connectivity index (χ3v) is 5.37. The summed E-state index contributed by atoms with van der Waals surface area (Å²) in [5.41, 5.74) is 2.11. The molecule has 1 amide bonds. The van der Waals surface area contributed by atoms with Crippen molar-refractivity contribution in [2.75, 3.05) is 11.6 Å². The number of rotatable bonds is 1. The summed E-state index contributed by atoms with van der Waals surface area (Å²) >= 11 is 0. The molecule has 2 aliphatic rings. The lowest BCUT2D eigenvalue weighted by molar-refractivity contribution is -0.119. The van der Waals surface area contributed by atoms with E-state index in [-0.39, 0.29) is 18.3 Å². The third-order valence-electron chi connectivity index (χ3n) is 4.08. The molecule has 2 aliphatic heterocycles. The topological polar surface area (TPSA) is 66.9 Å². The second-order valence-electron chi connectivity index (χ2n) is 5.62. The number of carbonyl (C=O) groups is 1. The highest BCUT2D eigenvalue weighted by molar-refractivity contribution is 7.84. The number of anilines is 1. The van der Waals surface area contributed by atoms with Gasteiger partial charge in [0, 0.05) is 11.3 Å². The molecule has 2 aromatic carbocycles. The van der Waals surface area contributed by atoms with Crippen LogP contribution in [0.4, 0.5) is 5.69 Å². The Balaban J connectivity index is 1.84. The summed E-state index contributed by atoms with van der Waals surface area (Å²) in [6.07, 6.45) is 0. The molecular formula is C16H14N2O4S. The van der Waals surface area contributed by atoms with Crippen LogP contribution in [0.1, 0.15) is 17.2 Å². The number of nitrogens with zero attached hydrogens (tertiary/aromatic N) is 2. The van der Waals surface area contributed by atoms with Crippen molar-refractivity contribution in [1.82, 2.24) is 4.31 Å². The van der Waals surface area contributed by atoms with Gasteiger partial charge in [0.05, 0.1) is 6.67 Å². The first kappa shape index (κ1) is 14.2. The molecule has 0 unspecified atom stereocenters. The van der Waals surface area contributed by atoms with Crippen LogP contribution in [0.5, 0.6) is 5.75 Å². The van der Waals surface area contributed by atoms with Gasteiger partial charge in [-0.3, -0.25) is 9.69 Å². The first-order chi connectivity index (χ1) is 11.0. The van der Waals surface area contributed by atoms with Crippen molar-refractivity contribution in [1.29, 1.82) is 0 Å². The maximum atomic E-state index is 12.8. The van der Waals surface area contributed by atoms with E-state index in [1.54, 1.807) is 24.3 Å². The van der Waals surface area contributed by atoms with Gasteiger partial charge in [-0.15, -0.1) is 4.31 Å².